The van der Waals surface area contributed by atoms with Gasteiger partial charge in [0, 0.05) is 32.2 Å². The maximum atomic E-state index is 4.95. The molecule has 1 atom stereocenters. The van der Waals surface area contributed by atoms with Crippen LogP contribution in [0, 0.1) is 6.92 Å². The Kier molecular flexibility index (Phi) is 5.68. The Hall–Kier alpha value is -3.72. The summed E-state index contributed by atoms with van der Waals surface area (Å²) >= 11 is 0. The number of aryl methyl sites for hydroxylation is 1. The van der Waals surface area contributed by atoms with Crippen molar-refractivity contribution in [3.05, 3.63) is 72.7 Å². The average molecular weight is 418 g/mol. The molecule has 9 heteroatoms. The molecule has 2 aromatic heterocycles. The number of hydrazine groups is 1. The number of benzene rings is 1. The summed E-state index contributed by atoms with van der Waals surface area (Å²) in [4.78, 5) is 11.5. The standard InChI is InChI=1S/C22H27N9/c1-6-18-21-28-27-16(3)30(21)19-14-25-22(26-20(19)31(18)24-5)29(13-12-23-4)15(2)17-10-8-7-9-11-17/h7-14,18,23-24H,2,6H2,1,3-5H3/b13-12-. The van der Waals surface area contributed by atoms with Gasteiger partial charge in [0.1, 0.15) is 17.6 Å². The van der Waals surface area contributed by atoms with E-state index in [2.05, 4.69) is 39.4 Å². The van der Waals surface area contributed by atoms with E-state index in [0.29, 0.717) is 5.95 Å². The van der Waals surface area contributed by atoms with Crippen LogP contribution < -0.4 is 20.7 Å². The predicted octanol–water partition coefficient (Wildman–Crippen LogP) is 2.94. The Morgan fingerprint density at radius 3 is 2.68 bits per heavy atom. The molecule has 0 saturated heterocycles. The lowest BCUT2D eigenvalue weighted by Crippen LogP contribution is -2.43. The normalized spacial score (nSPS) is 15.0. The Morgan fingerprint density at radius 1 is 1.23 bits per heavy atom. The van der Waals surface area contributed by atoms with E-state index >= 15 is 0 Å². The third kappa shape index (κ3) is 3.53. The topological polar surface area (TPSA) is 87.0 Å². The van der Waals surface area contributed by atoms with E-state index in [-0.39, 0.29) is 6.04 Å². The summed E-state index contributed by atoms with van der Waals surface area (Å²) in [6.45, 7) is 8.35. The highest BCUT2D eigenvalue weighted by molar-refractivity contribution is 5.78. The second-order valence-corrected chi connectivity index (χ2v) is 7.12. The Bertz CT molecular complexity index is 1100. The molecule has 9 nitrogen and oxygen atoms in total. The molecule has 160 valence electrons. The molecule has 1 aliphatic heterocycles. The van der Waals surface area contributed by atoms with Crippen LogP contribution in [0.5, 0.6) is 0 Å². The molecule has 0 fully saturated rings. The van der Waals surface area contributed by atoms with Crippen molar-refractivity contribution in [3.8, 4) is 5.69 Å². The summed E-state index contributed by atoms with van der Waals surface area (Å²) in [7, 11) is 3.73. The lowest BCUT2D eigenvalue weighted by Gasteiger charge is -2.36. The highest BCUT2D eigenvalue weighted by Gasteiger charge is 2.35. The molecule has 0 saturated carbocycles. The number of rotatable bonds is 7. The summed E-state index contributed by atoms with van der Waals surface area (Å²) in [6.07, 6.45) is 6.35. The Labute approximate surface area is 182 Å². The molecule has 3 heterocycles. The van der Waals surface area contributed by atoms with E-state index in [1.807, 2.05) is 84.4 Å². The fourth-order valence-electron chi connectivity index (χ4n) is 3.79. The monoisotopic (exact) mass is 417 g/mol. The highest BCUT2D eigenvalue weighted by atomic mass is 15.6. The van der Waals surface area contributed by atoms with E-state index in [9.17, 15) is 0 Å². The van der Waals surface area contributed by atoms with Gasteiger partial charge in [-0.1, -0.05) is 43.8 Å². The summed E-state index contributed by atoms with van der Waals surface area (Å²) in [5, 5.41) is 13.7. The van der Waals surface area contributed by atoms with E-state index in [0.717, 1.165) is 40.8 Å². The van der Waals surface area contributed by atoms with Crippen molar-refractivity contribution < 1.29 is 0 Å². The molecule has 0 spiro atoms. The van der Waals surface area contributed by atoms with E-state index in [4.69, 9.17) is 4.98 Å². The Morgan fingerprint density at radius 2 is 2.00 bits per heavy atom. The molecule has 1 unspecified atom stereocenters. The molecule has 4 rings (SSSR count). The lowest BCUT2D eigenvalue weighted by atomic mass is 10.1. The van der Waals surface area contributed by atoms with Gasteiger partial charge < -0.3 is 5.32 Å². The van der Waals surface area contributed by atoms with Crippen LogP contribution in [0.1, 0.15) is 36.6 Å². The summed E-state index contributed by atoms with van der Waals surface area (Å²) in [5.41, 5.74) is 5.86. The molecule has 1 aliphatic rings. The van der Waals surface area contributed by atoms with Gasteiger partial charge in [-0.25, -0.2) is 10.4 Å². The van der Waals surface area contributed by atoms with Crippen LogP contribution in [-0.4, -0.2) is 38.8 Å². The van der Waals surface area contributed by atoms with Gasteiger partial charge in [-0.05, 0) is 18.9 Å². The number of nitrogens with one attached hydrogen (secondary N) is 2. The number of nitrogens with zero attached hydrogens (tertiary/aromatic N) is 7. The number of anilines is 2. The van der Waals surface area contributed by atoms with Gasteiger partial charge in [0.2, 0.25) is 5.95 Å². The van der Waals surface area contributed by atoms with Crippen LogP contribution in [-0.2, 0) is 0 Å². The van der Waals surface area contributed by atoms with Crippen molar-refractivity contribution >= 4 is 17.5 Å². The molecule has 0 aliphatic carbocycles. The maximum Gasteiger partial charge on any atom is 0.236 e. The van der Waals surface area contributed by atoms with Crippen LogP contribution in [0.3, 0.4) is 0 Å². The molecule has 0 bridgehead atoms. The third-order valence-electron chi connectivity index (χ3n) is 5.30. The van der Waals surface area contributed by atoms with Gasteiger partial charge in [-0.2, -0.15) is 4.98 Å². The molecular formula is C22H27N9. The minimum absolute atomic E-state index is 0.0000698. The van der Waals surface area contributed by atoms with E-state index in [1.54, 1.807) is 0 Å². The second kappa shape index (κ2) is 8.57. The number of aromatic nitrogens is 5. The maximum absolute atomic E-state index is 4.95. The van der Waals surface area contributed by atoms with Crippen molar-refractivity contribution in [1.82, 2.24) is 35.5 Å². The highest BCUT2D eigenvalue weighted by Crippen LogP contribution is 2.38. The Balaban J connectivity index is 1.84. The van der Waals surface area contributed by atoms with E-state index in [1.165, 1.54) is 0 Å². The first-order chi connectivity index (χ1) is 15.1. The fourth-order valence-corrected chi connectivity index (χ4v) is 3.79. The van der Waals surface area contributed by atoms with Gasteiger partial charge in [0.25, 0.3) is 0 Å². The molecule has 31 heavy (non-hydrogen) atoms. The van der Waals surface area contributed by atoms with Crippen LogP contribution >= 0.6 is 0 Å². The van der Waals surface area contributed by atoms with Crippen molar-refractivity contribution in [2.75, 3.05) is 24.0 Å². The third-order valence-corrected chi connectivity index (χ3v) is 5.30. The fraction of sp³-hybridized carbons (Fsp3) is 0.273. The molecule has 3 aromatic rings. The zero-order valence-corrected chi connectivity index (χ0v) is 18.2. The second-order valence-electron chi connectivity index (χ2n) is 7.12. The summed E-state index contributed by atoms with van der Waals surface area (Å²) in [5.74, 6) is 2.96. The van der Waals surface area contributed by atoms with Crippen LogP contribution in [0.4, 0.5) is 11.8 Å². The van der Waals surface area contributed by atoms with Crippen molar-refractivity contribution in [2.45, 2.75) is 26.3 Å². The number of fused-ring (bicyclic) bond motifs is 3. The van der Waals surface area contributed by atoms with Crippen molar-refractivity contribution in [2.24, 2.45) is 0 Å². The zero-order valence-electron chi connectivity index (χ0n) is 18.2. The first-order valence-electron chi connectivity index (χ1n) is 10.2. The van der Waals surface area contributed by atoms with Crippen LogP contribution in [0.15, 0.2) is 55.5 Å². The minimum Gasteiger partial charge on any atom is -0.393 e. The quantitative estimate of drug-likeness (QED) is 0.607. The molecule has 0 radical (unpaired) electrons. The van der Waals surface area contributed by atoms with Crippen molar-refractivity contribution in [3.63, 3.8) is 0 Å². The molecule has 0 amide bonds. The smallest absolute Gasteiger partial charge is 0.236 e. The predicted molar refractivity (Wildman–Crippen MR) is 122 cm³/mol. The first kappa shape index (κ1) is 20.5. The number of hydrogen-bond acceptors (Lipinski definition) is 8. The van der Waals surface area contributed by atoms with Crippen LogP contribution in [0.2, 0.25) is 0 Å². The molecule has 1 aromatic carbocycles. The zero-order chi connectivity index (χ0) is 22.0. The minimum atomic E-state index is 0.0000698. The van der Waals surface area contributed by atoms with Crippen molar-refractivity contribution in [1.29, 1.82) is 0 Å². The van der Waals surface area contributed by atoms with Gasteiger partial charge in [-0.3, -0.25) is 14.5 Å². The van der Waals surface area contributed by atoms with Gasteiger partial charge >= 0.3 is 0 Å². The first-order valence-corrected chi connectivity index (χ1v) is 10.2. The van der Waals surface area contributed by atoms with Crippen LogP contribution in [0.25, 0.3) is 11.4 Å². The lowest BCUT2D eigenvalue weighted by molar-refractivity contribution is 0.496. The average Bonchev–Trinajstić information content (AvgIpc) is 3.20. The summed E-state index contributed by atoms with van der Waals surface area (Å²) < 4.78 is 2.03. The summed E-state index contributed by atoms with van der Waals surface area (Å²) in [6, 6.07) is 9.98. The van der Waals surface area contributed by atoms with Gasteiger partial charge in [0.05, 0.1) is 6.20 Å². The van der Waals surface area contributed by atoms with Gasteiger partial charge in [-0.15, -0.1) is 10.2 Å². The number of hydrogen-bond donors (Lipinski definition) is 2. The SMILES string of the molecule is C=C(c1ccccc1)N(/C=C\NC)c1ncc2c(n1)N(NC)C(CC)c1nnc(C)n1-2. The van der Waals surface area contributed by atoms with Gasteiger partial charge in [0.15, 0.2) is 11.6 Å². The largest absolute Gasteiger partial charge is 0.393 e. The molecular weight excluding hydrogens is 390 g/mol. The van der Waals surface area contributed by atoms with E-state index < -0.39 is 0 Å². The molecule has 2 N–H and O–H groups in total.